The molecule has 0 spiro atoms. The van der Waals surface area contributed by atoms with Crippen LogP contribution in [0.2, 0.25) is 0 Å². The number of fused-ring (bicyclic) bond motifs is 5. The SMILES string of the molecule is O=C1c2ccccc2-c2c1c(Br)cc1ccccc21. The van der Waals surface area contributed by atoms with Gasteiger partial charge >= 0.3 is 0 Å². The van der Waals surface area contributed by atoms with Crippen molar-refractivity contribution in [2.45, 2.75) is 0 Å². The lowest BCUT2D eigenvalue weighted by Gasteiger charge is -2.07. The molecule has 3 aromatic rings. The molecule has 0 unspecified atom stereocenters. The average molecular weight is 309 g/mol. The number of halogens is 1. The lowest BCUT2D eigenvalue weighted by Crippen LogP contribution is -1.96. The summed E-state index contributed by atoms with van der Waals surface area (Å²) in [5, 5.41) is 2.29. The van der Waals surface area contributed by atoms with Crippen LogP contribution in [0.5, 0.6) is 0 Å². The molecule has 0 bridgehead atoms. The standard InChI is InChI=1S/C17H9BrO/c18-14-9-10-5-1-2-6-11(10)15-12-7-3-4-8-13(12)17(19)16(14)15/h1-9H. The Morgan fingerprint density at radius 3 is 2.32 bits per heavy atom. The zero-order valence-electron chi connectivity index (χ0n) is 9.98. The Hall–Kier alpha value is -1.93. The van der Waals surface area contributed by atoms with E-state index < -0.39 is 0 Å². The van der Waals surface area contributed by atoms with Gasteiger partial charge in [-0.15, -0.1) is 0 Å². The van der Waals surface area contributed by atoms with Crippen LogP contribution in [0, 0.1) is 0 Å². The minimum absolute atomic E-state index is 0.114. The lowest BCUT2D eigenvalue weighted by molar-refractivity contribution is 0.104. The van der Waals surface area contributed by atoms with Crippen LogP contribution in [0.25, 0.3) is 21.9 Å². The van der Waals surface area contributed by atoms with Crippen LogP contribution in [0.4, 0.5) is 0 Å². The fourth-order valence-electron chi connectivity index (χ4n) is 2.85. The van der Waals surface area contributed by atoms with Gasteiger partial charge in [-0.25, -0.2) is 0 Å². The Balaban J connectivity index is 2.26. The smallest absolute Gasteiger partial charge is 0.195 e. The van der Waals surface area contributed by atoms with Crippen molar-refractivity contribution in [3.05, 3.63) is 70.2 Å². The van der Waals surface area contributed by atoms with Gasteiger partial charge in [0.1, 0.15) is 0 Å². The van der Waals surface area contributed by atoms with Crippen molar-refractivity contribution in [2.75, 3.05) is 0 Å². The molecule has 1 aliphatic carbocycles. The lowest BCUT2D eigenvalue weighted by atomic mass is 9.98. The van der Waals surface area contributed by atoms with E-state index in [1.54, 1.807) is 0 Å². The highest BCUT2D eigenvalue weighted by molar-refractivity contribution is 9.10. The van der Waals surface area contributed by atoms with E-state index in [0.717, 1.165) is 37.5 Å². The monoisotopic (exact) mass is 308 g/mol. The minimum Gasteiger partial charge on any atom is -0.289 e. The second kappa shape index (κ2) is 3.78. The molecule has 1 nitrogen and oxygen atoms in total. The first-order valence-corrected chi connectivity index (χ1v) is 6.92. The first-order valence-electron chi connectivity index (χ1n) is 6.13. The summed E-state index contributed by atoms with van der Waals surface area (Å²) in [6.07, 6.45) is 0. The Bertz CT molecular complexity index is 849. The Kier molecular flexibility index (Phi) is 2.18. The summed E-state index contributed by atoms with van der Waals surface area (Å²) in [4.78, 5) is 12.5. The van der Waals surface area contributed by atoms with Gasteiger partial charge in [-0.2, -0.15) is 0 Å². The first-order chi connectivity index (χ1) is 9.27. The predicted molar refractivity (Wildman–Crippen MR) is 80.5 cm³/mol. The quantitative estimate of drug-likeness (QED) is 0.455. The Labute approximate surface area is 119 Å². The third kappa shape index (κ3) is 1.38. The van der Waals surface area contributed by atoms with Crippen LogP contribution in [0.3, 0.4) is 0 Å². The normalized spacial score (nSPS) is 12.6. The van der Waals surface area contributed by atoms with E-state index in [9.17, 15) is 4.79 Å². The van der Waals surface area contributed by atoms with E-state index in [0.29, 0.717) is 0 Å². The topological polar surface area (TPSA) is 17.1 Å². The van der Waals surface area contributed by atoms with E-state index in [1.165, 1.54) is 0 Å². The molecule has 19 heavy (non-hydrogen) atoms. The first kappa shape index (κ1) is 10.9. The van der Waals surface area contributed by atoms with Crippen molar-refractivity contribution in [1.29, 1.82) is 0 Å². The van der Waals surface area contributed by atoms with Gasteiger partial charge in [0.15, 0.2) is 5.78 Å². The van der Waals surface area contributed by atoms with Crippen molar-refractivity contribution in [1.82, 2.24) is 0 Å². The second-order valence-corrected chi connectivity index (χ2v) is 5.56. The molecular formula is C17H9BrO. The summed E-state index contributed by atoms with van der Waals surface area (Å²) in [6, 6.07) is 18.0. The molecule has 3 aromatic carbocycles. The largest absolute Gasteiger partial charge is 0.289 e. The van der Waals surface area contributed by atoms with Gasteiger partial charge in [0.25, 0.3) is 0 Å². The summed E-state index contributed by atoms with van der Waals surface area (Å²) in [6.45, 7) is 0. The molecule has 0 radical (unpaired) electrons. The highest BCUT2D eigenvalue weighted by Gasteiger charge is 2.29. The van der Waals surface area contributed by atoms with Crippen molar-refractivity contribution in [3.63, 3.8) is 0 Å². The van der Waals surface area contributed by atoms with E-state index >= 15 is 0 Å². The molecule has 0 N–H and O–H groups in total. The Morgan fingerprint density at radius 2 is 1.47 bits per heavy atom. The van der Waals surface area contributed by atoms with Crippen LogP contribution in [-0.2, 0) is 0 Å². The highest BCUT2D eigenvalue weighted by Crippen LogP contribution is 2.44. The fourth-order valence-corrected chi connectivity index (χ4v) is 3.47. The summed E-state index contributed by atoms with van der Waals surface area (Å²) < 4.78 is 0.877. The van der Waals surface area contributed by atoms with Crippen molar-refractivity contribution in [2.24, 2.45) is 0 Å². The molecule has 0 saturated heterocycles. The number of hydrogen-bond acceptors (Lipinski definition) is 1. The van der Waals surface area contributed by atoms with Gasteiger partial charge < -0.3 is 0 Å². The van der Waals surface area contributed by atoms with Crippen molar-refractivity contribution < 1.29 is 4.79 Å². The third-order valence-corrected chi connectivity index (χ3v) is 4.29. The summed E-state index contributed by atoms with van der Waals surface area (Å²) >= 11 is 3.55. The maximum atomic E-state index is 12.5. The molecule has 90 valence electrons. The maximum Gasteiger partial charge on any atom is 0.195 e. The van der Waals surface area contributed by atoms with Crippen LogP contribution in [-0.4, -0.2) is 5.78 Å². The van der Waals surface area contributed by atoms with E-state index in [2.05, 4.69) is 28.1 Å². The van der Waals surface area contributed by atoms with Gasteiger partial charge in [-0.05, 0) is 38.3 Å². The van der Waals surface area contributed by atoms with Crippen molar-refractivity contribution >= 4 is 32.5 Å². The molecule has 0 aliphatic heterocycles. The zero-order valence-corrected chi connectivity index (χ0v) is 11.6. The third-order valence-electron chi connectivity index (χ3n) is 3.67. The number of carbonyl (C=O) groups excluding carboxylic acids is 1. The molecule has 4 rings (SSSR count). The predicted octanol–water partition coefficient (Wildman–Crippen LogP) is 4.81. The van der Waals surface area contributed by atoms with Gasteiger partial charge in [-0.3, -0.25) is 4.79 Å². The molecule has 1 aliphatic rings. The zero-order chi connectivity index (χ0) is 13.0. The number of rotatable bonds is 0. The van der Waals surface area contributed by atoms with E-state index in [1.807, 2.05) is 42.5 Å². The maximum absolute atomic E-state index is 12.5. The molecule has 0 amide bonds. The van der Waals surface area contributed by atoms with E-state index in [4.69, 9.17) is 0 Å². The van der Waals surface area contributed by atoms with Crippen LogP contribution in [0.1, 0.15) is 15.9 Å². The highest BCUT2D eigenvalue weighted by atomic mass is 79.9. The molecule has 0 fully saturated rings. The van der Waals surface area contributed by atoms with E-state index in [-0.39, 0.29) is 5.78 Å². The minimum atomic E-state index is 0.114. The molecule has 0 aromatic heterocycles. The summed E-state index contributed by atoms with van der Waals surface area (Å²) in [5.74, 6) is 0.114. The number of carbonyl (C=O) groups is 1. The van der Waals surface area contributed by atoms with Gasteiger partial charge in [0, 0.05) is 21.2 Å². The summed E-state index contributed by atoms with van der Waals surface area (Å²) in [5.41, 5.74) is 3.69. The van der Waals surface area contributed by atoms with Gasteiger partial charge in [0.05, 0.1) is 0 Å². The van der Waals surface area contributed by atoms with Crippen LogP contribution in [0.15, 0.2) is 59.1 Å². The van der Waals surface area contributed by atoms with Gasteiger partial charge in [0.2, 0.25) is 0 Å². The average Bonchev–Trinajstić information content (AvgIpc) is 2.74. The number of benzene rings is 3. The van der Waals surface area contributed by atoms with Gasteiger partial charge in [-0.1, -0.05) is 48.5 Å². The van der Waals surface area contributed by atoms with Crippen LogP contribution >= 0.6 is 15.9 Å². The number of ketones is 1. The Morgan fingerprint density at radius 1 is 0.789 bits per heavy atom. The second-order valence-electron chi connectivity index (χ2n) is 4.70. The molecule has 0 saturated carbocycles. The molecule has 2 heteroatoms. The molecule has 0 heterocycles. The van der Waals surface area contributed by atoms with Crippen molar-refractivity contribution in [3.8, 4) is 11.1 Å². The molecular weight excluding hydrogens is 300 g/mol. The number of hydrogen-bond donors (Lipinski definition) is 0. The van der Waals surface area contributed by atoms with Crippen LogP contribution < -0.4 is 0 Å². The fraction of sp³-hybridized carbons (Fsp3) is 0. The summed E-state index contributed by atoms with van der Waals surface area (Å²) in [7, 11) is 0. The molecule has 0 atom stereocenters.